The number of hydrogen-bond acceptors (Lipinski definition) is 4. The van der Waals surface area contributed by atoms with Gasteiger partial charge in [0, 0.05) is 18.2 Å². The van der Waals surface area contributed by atoms with Crippen molar-refractivity contribution >= 4 is 17.4 Å². The van der Waals surface area contributed by atoms with E-state index in [1.165, 1.54) is 16.8 Å². The number of carbonyl (C=O) groups excluding carboxylic acids is 2. The van der Waals surface area contributed by atoms with Gasteiger partial charge in [-0.2, -0.15) is 18.3 Å². The first kappa shape index (κ1) is 22.4. The van der Waals surface area contributed by atoms with E-state index in [9.17, 15) is 22.8 Å². The largest absolute Gasteiger partial charge is 0.435 e. The van der Waals surface area contributed by atoms with Crippen LogP contribution in [0.2, 0.25) is 0 Å². The number of nitrogens with zero attached hydrogens (tertiary/aromatic N) is 2. The zero-order valence-electron chi connectivity index (χ0n) is 18.2. The molecule has 1 amide bonds. The van der Waals surface area contributed by atoms with Crippen LogP contribution in [0.3, 0.4) is 0 Å². The zero-order chi connectivity index (χ0) is 23.3. The van der Waals surface area contributed by atoms with Gasteiger partial charge in [-0.1, -0.05) is 33.1 Å². The third kappa shape index (κ3) is 4.25. The number of hydrogen-bond donors (Lipinski definition) is 2. The van der Waals surface area contributed by atoms with Gasteiger partial charge in [0.05, 0.1) is 22.5 Å². The second-order valence-electron chi connectivity index (χ2n) is 9.59. The van der Waals surface area contributed by atoms with Crippen LogP contribution >= 0.6 is 0 Å². The molecule has 1 aromatic carbocycles. The molecule has 2 aromatic rings. The highest BCUT2D eigenvalue weighted by Gasteiger charge is 2.45. The van der Waals surface area contributed by atoms with Gasteiger partial charge in [0.25, 0.3) is 5.91 Å². The lowest BCUT2D eigenvalue weighted by molar-refractivity contribution is -0.141. The minimum absolute atomic E-state index is 0.0316. The molecule has 0 radical (unpaired) electrons. The lowest BCUT2D eigenvalue weighted by atomic mass is 9.75. The van der Waals surface area contributed by atoms with E-state index in [4.69, 9.17) is 5.73 Å². The van der Waals surface area contributed by atoms with Crippen molar-refractivity contribution in [2.75, 3.05) is 5.32 Å². The van der Waals surface area contributed by atoms with E-state index < -0.39 is 29.0 Å². The molecule has 0 unspecified atom stereocenters. The average molecular weight is 448 g/mol. The summed E-state index contributed by atoms with van der Waals surface area (Å²) >= 11 is 0. The number of benzene rings is 1. The Labute approximate surface area is 184 Å². The van der Waals surface area contributed by atoms with Crippen LogP contribution in [0.1, 0.15) is 84.5 Å². The number of alkyl halides is 3. The minimum Gasteiger partial charge on any atom is -0.382 e. The molecule has 0 spiro atoms. The fourth-order valence-corrected chi connectivity index (χ4v) is 4.83. The summed E-state index contributed by atoms with van der Waals surface area (Å²) in [7, 11) is 0. The lowest BCUT2D eigenvalue weighted by Crippen LogP contribution is -2.29. The molecule has 1 aromatic heterocycles. The Morgan fingerprint density at radius 3 is 2.50 bits per heavy atom. The third-order valence-corrected chi connectivity index (χ3v) is 6.29. The van der Waals surface area contributed by atoms with Crippen molar-refractivity contribution in [1.29, 1.82) is 0 Å². The van der Waals surface area contributed by atoms with E-state index in [0.29, 0.717) is 11.4 Å². The fourth-order valence-electron chi connectivity index (χ4n) is 4.83. The molecular formula is C23H27F3N4O2. The number of primary amides is 1. The number of anilines is 1. The number of amides is 1. The van der Waals surface area contributed by atoms with Crippen LogP contribution in [0.25, 0.3) is 5.69 Å². The van der Waals surface area contributed by atoms with Gasteiger partial charge >= 0.3 is 6.18 Å². The Morgan fingerprint density at radius 2 is 1.88 bits per heavy atom. The molecule has 9 heteroatoms. The number of ketones is 1. The van der Waals surface area contributed by atoms with Crippen LogP contribution < -0.4 is 11.1 Å². The quantitative estimate of drug-likeness (QED) is 0.697. The summed E-state index contributed by atoms with van der Waals surface area (Å²) in [6.07, 6.45) is 0.752. The van der Waals surface area contributed by atoms with Crippen molar-refractivity contribution in [3.63, 3.8) is 0 Å². The number of aromatic nitrogens is 2. The second kappa shape index (κ2) is 7.94. The number of rotatable bonds is 4. The number of nitrogens with two attached hydrogens (primary N) is 1. The van der Waals surface area contributed by atoms with E-state index in [2.05, 4.69) is 10.4 Å². The molecule has 0 atom stereocenters. The standard InChI is InChI=1S/C23H27F3N4O2/c1-22(2)11-17-19(18(31)12-22)20(23(24,25)26)29-30(17)14-8-9-15(21(27)32)16(10-14)28-13-6-4-3-5-7-13/h8-10,13,28H,3-7,11-12H2,1-2H3,(H2,27,32). The first-order chi connectivity index (χ1) is 15.0. The first-order valence-electron chi connectivity index (χ1n) is 10.9. The van der Waals surface area contributed by atoms with Crippen molar-refractivity contribution in [2.45, 2.75) is 71.0 Å². The summed E-state index contributed by atoms with van der Waals surface area (Å²) in [5.74, 6) is -1.17. The summed E-state index contributed by atoms with van der Waals surface area (Å²) in [4.78, 5) is 24.6. The molecule has 3 N–H and O–H groups in total. The number of carbonyl (C=O) groups is 2. The highest BCUT2D eigenvalue weighted by molar-refractivity contribution is 6.00. The van der Waals surface area contributed by atoms with Crippen LogP contribution in [-0.4, -0.2) is 27.5 Å². The summed E-state index contributed by atoms with van der Waals surface area (Å²) in [5.41, 5.74) is 4.89. The molecule has 0 aliphatic heterocycles. The Kier molecular flexibility index (Phi) is 5.55. The molecule has 1 fully saturated rings. The molecule has 2 aliphatic carbocycles. The maximum atomic E-state index is 13.7. The second-order valence-corrected chi connectivity index (χ2v) is 9.59. The molecule has 32 heavy (non-hydrogen) atoms. The smallest absolute Gasteiger partial charge is 0.382 e. The zero-order valence-corrected chi connectivity index (χ0v) is 18.2. The van der Waals surface area contributed by atoms with Gasteiger partial charge in [-0.25, -0.2) is 4.68 Å². The van der Waals surface area contributed by atoms with E-state index in [1.807, 2.05) is 13.8 Å². The molecule has 0 bridgehead atoms. The maximum absolute atomic E-state index is 13.7. The molecule has 2 aliphatic rings. The van der Waals surface area contributed by atoms with Crippen molar-refractivity contribution in [3.8, 4) is 5.69 Å². The highest BCUT2D eigenvalue weighted by Crippen LogP contribution is 2.42. The molecule has 1 saturated carbocycles. The number of fused-ring (bicyclic) bond motifs is 1. The van der Waals surface area contributed by atoms with Gasteiger partial charge in [0.1, 0.15) is 0 Å². The number of nitrogens with one attached hydrogen (secondary N) is 1. The number of halogens is 3. The molecule has 1 heterocycles. The molecule has 0 saturated heterocycles. The molecule has 172 valence electrons. The predicted molar refractivity (Wildman–Crippen MR) is 114 cm³/mol. The monoisotopic (exact) mass is 448 g/mol. The van der Waals surface area contributed by atoms with Crippen LogP contribution in [0.4, 0.5) is 18.9 Å². The van der Waals surface area contributed by atoms with Crippen molar-refractivity contribution in [3.05, 3.63) is 40.7 Å². The minimum atomic E-state index is -4.75. The Morgan fingerprint density at radius 1 is 1.19 bits per heavy atom. The van der Waals surface area contributed by atoms with E-state index in [-0.39, 0.29) is 35.7 Å². The van der Waals surface area contributed by atoms with Gasteiger partial charge in [0.15, 0.2) is 11.5 Å². The van der Waals surface area contributed by atoms with Crippen LogP contribution in [0.15, 0.2) is 18.2 Å². The summed E-state index contributed by atoms with van der Waals surface area (Å²) in [5, 5.41) is 7.19. The van der Waals surface area contributed by atoms with Crippen molar-refractivity contribution < 1.29 is 22.8 Å². The van der Waals surface area contributed by atoms with Crippen LogP contribution in [0, 0.1) is 5.41 Å². The SMILES string of the molecule is CC1(C)CC(=O)c2c(C(F)(F)F)nn(-c3ccc(C(N)=O)c(NC4CCCCC4)c3)c2C1. The highest BCUT2D eigenvalue weighted by atomic mass is 19.4. The number of Topliss-reactive ketones (excluding diaryl/α,β-unsaturated/α-hetero) is 1. The topological polar surface area (TPSA) is 90.0 Å². The normalized spacial score (nSPS) is 19.0. The molecule has 6 nitrogen and oxygen atoms in total. The van der Waals surface area contributed by atoms with Crippen LogP contribution in [-0.2, 0) is 12.6 Å². The average Bonchev–Trinajstić information content (AvgIpc) is 3.07. The van der Waals surface area contributed by atoms with Gasteiger partial charge in [-0.3, -0.25) is 9.59 Å². The van der Waals surface area contributed by atoms with E-state index in [0.717, 1.165) is 32.1 Å². The Balaban J connectivity index is 1.83. The predicted octanol–water partition coefficient (Wildman–Crippen LogP) is 4.89. The van der Waals surface area contributed by atoms with Crippen LogP contribution in [0.5, 0.6) is 0 Å². The van der Waals surface area contributed by atoms with E-state index in [1.54, 1.807) is 6.07 Å². The third-order valence-electron chi connectivity index (χ3n) is 6.29. The van der Waals surface area contributed by atoms with Gasteiger partial charge in [-0.05, 0) is 42.9 Å². The van der Waals surface area contributed by atoms with E-state index >= 15 is 0 Å². The Hall–Kier alpha value is -2.84. The summed E-state index contributed by atoms with van der Waals surface area (Å²) in [6, 6.07) is 4.79. The first-order valence-corrected chi connectivity index (χ1v) is 10.9. The Bertz CT molecular complexity index is 1070. The van der Waals surface area contributed by atoms with Gasteiger partial charge in [0.2, 0.25) is 0 Å². The fraction of sp³-hybridized carbons (Fsp3) is 0.522. The summed E-state index contributed by atoms with van der Waals surface area (Å²) < 4.78 is 42.4. The van der Waals surface area contributed by atoms with Crippen molar-refractivity contribution in [2.24, 2.45) is 11.1 Å². The van der Waals surface area contributed by atoms with Gasteiger partial charge < -0.3 is 11.1 Å². The lowest BCUT2D eigenvalue weighted by Gasteiger charge is -2.29. The summed E-state index contributed by atoms with van der Waals surface area (Å²) in [6.45, 7) is 3.70. The van der Waals surface area contributed by atoms with Crippen molar-refractivity contribution in [1.82, 2.24) is 9.78 Å². The van der Waals surface area contributed by atoms with Gasteiger partial charge in [-0.15, -0.1) is 0 Å². The molecular weight excluding hydrogens is 421 g/mol. The molecule has 4 rings (SSSR count). The maximum Gasteiger partial charge on any atom is 0.435 e.